The number of nitrogen functional groups attached to an aromatic ring is 1. The fourth-order valence-electron chi connectivity index (χ4n) is 2.30. The van der Waals surface area contributed by atoms with Crippen molar-refractivity contribution in [3.05, 3.63) is 63.9 Å². The largest absolute Gasteiger partial charge is 0.497 e. The van der Waals surface area contributed by atoms with Gasteiger partial charge < -0.3 is 15.9 Å². The third-order valence-electron chi connectivity index (χ3n) is 3.67. The number of rotatable bonds is 6. The molecule has 10 heteroatoms. The van der Waals surface area contributed by atoms with Crippen LogP contribution in [0.3, 0.4) is 0 Å². The molecule has 0 unspecified atom stereocenters. The topological polar surface area (TPSA) is 112 Å². The summed E-state index contributed by atoms with van der Waals surface area (Å²) in [5, 5.41) is 11.3. The third kappa shape index (κ3) is 4.62. The number of carbonyl (C=O) groups excluding carboxylic acids is 1. The van der Waals surface area contributed by atoms with Crippen molar-refractivity contribution in [2.45, 2.75) is 5.16 Å². The van der Waals surface area contributed by atoms with Crippen molar-refractivity contribution in [2.75, 3.05) is 24.0 Å². The normalized spacial score (nSPS) is 10.5. The highest BCUT2D eigenvalue weighted by atomic mass is 35.5. The average Bonchev–Trinajstić information content (AvgIpc) is 2.70. The summed E-state index contributed by atoms with van der Waals surface area (Å²) in [6.07, 6.45) is 0. The lowest BCUT2D eigenvalue weighted by Gasteiger charge is -2.09. The number of thioether (sulfide) groups is 1. The minimum atomic E-state index is -0.520. The van der Waals surface area contributed by atoms with Crippen LogP contribution in [-0.2, 0) is 4.79 Å². The molecule has 0 atom stereocenters. The maximum Gasteiger partial charge on any atom is 0.299 e. The molecule has 0 fully saturated rings. The molecular weight excluding hydrogens is 402 g/mol. The molecule has 3 N–H and O–H groups in total. The summed E-state index contributed by atoms with van der Waals surface area (Å²) in [4.78, 5) is 24.6. The van der Waals surface area contributed by atoms with Gasteiger partial charge in [-0.1, -0.05) is 41.6 Å². The quantitative estimate of drug-likeness (QED) is 0.467. The van der Waals surface area contributed by atoms with Crippen LogP contribution in [0.1, 0.15) is 0 Å². The van der Waals surface area contributed by atoms with Crippen LogP contribution in [0.4, 0.5) is 5.69 Å². The van der Waals surface area contributed by atoms with E-state index in [0.717, 1.165) is 16.4 Å². The van der Waals surface area contributed by atoms with Gasteiger partial charge in [0, 0.05) is 22.3 Å². The minimum Gasteiger partial charge on any atom is -0.497 e. The van der Waals surface area contributed by atoms with E-state index < -0.39 is 5.56 Å². The number of hydrogen-bond donors (Lipinski definition) is 2. The van der Waals surface area contributed by atoms with Crippen LogP contribution in [-0.4, -0.2) is 33.6 Å². The number of anilines is 1. The molecule has 2 aromatic carbocycles. The first-order valence-electron chi connectivity index (χ1n) is 8.05. The second kappa shape index (κ2) is 8.77. The van der Waals surface area contributed by atoms with E-state index in [-0.39, 0.29) is 22.5 Å². The van der Waals surface area contributed by atoms with Crippen LogP contribution < -0.4 is 21.5 Å². The van der Waals surface area contributed by atoms with Gasteiger partial charge in [-0.15, -0.1) is 10.2 Å². The lowest BCUT2D eigenvalue weighted by atomic mass is 10.2. The Bertz CT molecular complexity index is 1060. The van der Waals surface area contributed by atoms with E-state index >= 15 is 0 Å². The van der Waals surface area contributed by atoms with Crippen molar-refractivity contribution in [1.82, 2.24) is 14.9 Å². The van der Waals surface area contributed by atoms with E-state index in [1.165, 1.54) is 0 Å². The molecule has 0 aliphatic carbocycles. The average molecular weight is 418 g/mol. The van der Waals surface area contributed by atoms with Gasteiger partial charge >= 0.3 is 0 Å². The maximum atomic E-state index is 12.5. The summed E-state index contributed by atoms with van der Waals surface area (Å²) >= 11 is 6.85. The van der Waals surface area contributed by atoms with Gasteiger partial charge in [-0.2, -0.15) is 4.68 Å². The monoisotopic (exact) mass is 417 g/mol. The fraction of sp³-hybridized carbons (Fsp3) is 0.111. The Morgan fingerprint density at radius 3 is 2.71 bits per heavy atom. The smallest absolute Gasteiger partial charge is 0.299 e. The summed E-state index contributed by atoms with van der Waals surface area (Å²) in [6.45, 7) is 0. The Kier molecular flexibility index (Phi) is 6.17. The van der Waals surface area contributed by atoms with Crippen LogP contribution in [0.25, 0.3) is 11.3 Å². The standard InChI is InChI=1S/C18H16ClN5O3S/c1-27-14-4-2-3-13(9-14)21-15(25)10-28-18-23-22-16(17(26)24(18)20)11-5-7-12(19)8-6-11/h2-9H,10,20H2,1H3,(H,21,25). The van der Waals surface area contributed by atoms with Gasteiger partial charge in [0.25, 0.3) is 5.56 Å². The molecule has 0 aliphatic heterocycles. The molecule has 1 amide bonds. The molecule has 0 saturated carbocycles. The summed E-state index contributed by atoms with van der Waals surface area (Å²) in [7, 11) is 1.55. The van der Waals surface area contributed by atoms with Crippen LogP contribution in [0.2, 0.25) is 5.02 Å². The summed E-state index contributed by atoms with van der Waals surface area (Å²) in [6, 6.07) is 13.6. The van der Waals surface area contributed by atoms with Gasteiger partial charge in [-0.25, -0.2) is 0 Å². The van der Waals surface area contributed by atoms with Crippen LogP contribution in [0, 0.1) is 0 Å². The van der Waals surface area contributed by atoms with Crippen LogP contribution >= 0.6 is 23.4 Å². The second-order valence-corrected chi connectivity index (χ2v) is 6.96. The Morgan fingerprint density at radius 1 is 1.25 bits per heavy atom. The molecule has 1 aromatic heterocycles. The van der Waals surface area contributed by atoms with Gasteiger partial charge in [0.05, 0.1) is 12.9 Å². The predicted molar refractivity (Wildman–Crippen MR) is 109 cm³/mol. The lowest BCUT2D eigenvalue weighted by Crippen LogP contribution is -2.32. The molecule has 3 rings (SSSR count). The van der Waals surface area contributed by atoms with Crippen molar-refractivity contribution >= 4 is 35.0 Å². The molecule has 28 heavy (non-hydrogen) atoms. The predicted octanol–water partition coefficient (Wildman–Crippen LogP) is 2.41. The van der Waals surface area contributed by atoms with Gasteiger partial charge in [0.2, 0.25) is 11.1 Å². The van der Waals surface area contributed by atoms with Gasteiger partial charge in [0.1, 0.15) is 5.75 Å². The molecule has 3 aromatic rings. The number of ether oxygens (including phenoxy) is 1. The zero-order chi connectivity index (χ0) is 20.1. The minimum absolute atomic E-state index is 0.00280. The number of nitrogens with two attached hydrogens (primary N) is 1. The Labute approximate surface area is 169 Å². The molecule has 8 nitrogen and oxygen atoms in total. The number of methoxy groups -OCH3 is 1. The van der Waals surface area contributed by atoms with Gasteiger partial charge in [-0.3, -0.25) is 9.59 Å². The van der Waals surface area contributed by atoms with Crippen molar-refractivity contribution in [2.24, 2.45) is 0 Å². The van der Waals surface area contributed by atoms with Gasteiger partial charge in [-0.05, 0) is 24.3 Å². The fourth-order valence-corrected chi connectivity index (χ4v) is 3.08. The number of nitrogens with one attached hydrogen (secondary N) is 1. The number of carbonyl (C=O) groups is 1. The zero-order valence-corrected chi connectivity index (χ0v) is 16.3. The zero-order valence-electron chi connectivity index (χ0n) is 14.8. The van der Waals surface area contributed by atoms with Crippen LogP contribution in [0.15, 0.2) is 58.5 Å². The highest BCUT2D eigenvalue weighted by molar-refractivity contribution is 7.99. The van der Waals surface area contributed by atoms with Crippen molar-refractivity contribution in [3.8, 4) is 17.0 Å². The number of nitrogens with zero attached hydrogens (tertiary/aromatic N) is 3. The first-order chi connectivity index (χ1) is 13.5. The Hall–Kier alpha value is -3.04. The number of aromatic nitrogens is 3. The number of amides is 1. The highest BCUT2D eigenvalue weighted by Crippen LogP contribution is 2.19. The Morgan fingerprint density at radius 2 is 2.00 bits per heavy atom. The van der Waals surface area contributed by atoms with Crippen molar-refractivity contribution in [3.63, 3.8) is 0 Å². The SMILES string of the molecule is COc1cccc(NC(=O)CSc2nnc(-c3ccc(Cl)cc3)c(=O)n2N)c1. The molecule has 1 heterocycles. The third-order valence-corrected chi connectivity index (χ3v) is 4.86. The molecule has 144 valence electrons. The molecule has 0 radical (unpaired) electrons. The van der Waals surface area contributed by atoms with Crippen molar-refractivity contribution < 1.29 is 9.53 Å². The summed E-state index contributed by atoms with van der Waals surface area (Å²) < 4.78 is 5.99. The first kappa shape index (κ1) is 19.7. The number of hydrogen-bond acceptors (Lipinski definition) is 7. The number of benzene rings is 2. The molecule has 0 bridgehead atoms. The van der Waals surface area contributed by atoms with E-state index in [1.807, 2.05) is 0 Å². The van der Waals surface area contributed by atoms with Crippen LogP contribution in [0.5, 0.6) is 5.75 Å². The van der Waals surface area contributed by atoms with E-state index in [9.17, 15) is 9.59 Å². The van der Waals surface area contributed by atoms with Gasteiger partial charge in [0.15, 0.2) is 5.69 Å². The maximum absolute atomic E-state index is 12.5. The lowest BCUT2D eigenvalue weighted by molar-refractivity contribution is -0.113. The molecular formula is C18H16ClN5O3S. The van der Waals surface area contributed by atoms with E-state index in [0.29, 0.717) is 22.0 Å². The highest BCUT2D eigenvalue weighted by Gasteiger charge is 2.14. The first-order valence-corrected chi connectivity index (χ1v) is 9.41. The number of halogens is 1. The Balaban J connectivity index is 1.69. The van der Waals surface area contributed by atoms with E-state index in [4.69, 9.17) is 22.2 Å². The summed E-state index contributed by atoms with van der Waals surface area (Å²) in [5.74, 6) is 6.18. The van der Waals surface area contributed by atoms with E-state index in [1.54, 1.807) is 55.6 Å². The van der Waals surface area contributed by atoms with E-state index in [2.05, 4.69) is 15.5 Å². The molecule has 0 aliphatic rings. The van der Waals surface area contributed by atoms with Crippen molar-refractivity contribution in [1.29, 1.82) is 0 Å². The molecule has 0 saturated heterocycles. The molecule has 0 spiro atoms. The second-order valence-electron chi connectivity index (χ2n) is 5.58. The summed E-state index contributed by atoms with van der Waals surface area (Å²) in [5.41, 5.74) is 0.727.